The molecule has 0 amide bonds. The quantitative estimate of drug-likeness (QED) is 0.0890. The second kappa shape index (κ2) is 16.4. The summed E-state index contributed by atoms with van der Waals surface area (Å²) in [5, 5.41) is 0. The van der Waals surface area contributed by atoms with Crippen LogP contribution in [0, 0.1) is 0 Å². The first-order valence-electron chi connectivity index (χ1n) is 13.6. The molecule has 0 bridgehead atoms. The van der Waals surface area contributed by atoms with Crippen molar-refractivity contribution in [1.82, 2.24) is 0 Å². The first-order chi connectivity index (χ1) is 16.9. The maximum Gasteiger partial charge on any atom is 0.343 e. The second-order valence-corrected chi connectivity index (χ2v) is 16.2. The fraction of sp³-hybridized carbons (Fsp3) is 0.567. The highest BCUT2D eigenvalue weighted by molar-refractivity contribution is 6.76. The van der Waals surface area contributed by atoms with E-state index in [0.717, 1.165) is 30.9 Å². The van der Waals surface area contributed by atoms with E-state index in [4.69, 9.17) is 14.2 Å². The summed E-state index contributed by atoms with van der Waals surface area (Å²) in [6.07, 6.45) is 12.3. The van der Waals surface area contributed by atoms with Gasteiger partial charge in [-0.15, -0.1) is 0 Å². The van der Waals surface area contributed by atoms with Gasteiger partial charge < -0.3 is 14.2 Å². The van der Waals surface area contributed by atoms with E-state index in [1.807, 2.05) is 24.3 Å². The van der Waals surface area contributed by atoms with E-state index in [9.17, 15) is 4.79 Å². The average molecular weight is 499 g/mol. The average Bonchev–Trinajstić information content (AvgIpc) is 2.83. The van der Waals surface area contributed by atoms with Gasteiger partial charge in [-0.1, -0.05) is 84.0 Å². The van der Waals surface area contributed by atoms with Crippen LogP contribution in [0.2, 0.25) is 25.7 Å². The molecule has 4 nitrogen and oxygen atoms in total. The third-order valence-electron chi connectivity index (χ3n) is 5.98. The van der Waals surface area contributed by atoms with Crippen LogP contribution >= 0.6 is 0 Å². The molecular weight excluding hydrogens is 452 g/mol. The molecule has 0 saturated carbocycles. The maximum absolute atomic E-state index is 12.5. The minimum atomic E-state index is -0.907. The summed E-state index contributed by atoms with van der Waals surface area (Å²) in [5.41, 5.74) is 0.507. The largest absolute Gasteiger partial charge is 0.494 e. The van der Waals surface area contributed by atoms with Crippen molar-refractivity contribution in [2.24, 2.45) is 0 Å². The molecule has 5 heteroatoms. The molecular formula is C30H46O4Si. The summed E-state index contributed by atoms with van der Waals surface area (Å²) in [4.78, 5) is 12.5. The summed E-state index contributed by atoms with van der Waals surface area (Å²) in [6.45, 7) is 11.0. The maximum atomic E-state index is 12.5. The van der Waals surface area contributed by atoms with Gasteiger partial charge in [0.25, 0.3) is 0 Å². The number of hydrogen-bond acceptors (Lipinski definition) is 4. The van der Waals surface area contributed by atoms with Crippen LogP contribution in [-0.2, 0) is 0 Å². The Balaban J connectivity index is 1.63. The van der Waals surface area contributed by atoms with Gasteiger partial charge in [0.2, 0.25) is 0 Å². The Hall–Kier alpha value is -2.27. The van der Waals surface area contributed by atoms with Crippen molar-refractivity contribution in [2.45, 2.75) is 96.8 Å². The van der Waals surface area contributed by atoms with Crippen LogP contribution in [0.3, 0.4) is 0 Å². The SMILES string of the molecule is CCCCCCCCOc1ccc(OC(=O)c2ccc(OCCCCCC[Si](C)(C)C)cc2)cc1. The smallest absolute Gasteiger partial charge is 0.343 e. The van der Waals surface area contributed by atoms with Crippen LogP contribution in [0.25, 0.3) is 0 Å². The number of esters is 1. The van der Waals surface area contributed by atoms with Crippen molar-refractivity contribution < 1.29 is 19.0 Å². The lowest BCUT2D eigenvalue weighted by atomic mass is 10.1. The highest BCUT2D eigenvalue weighted by Gasteiger charge is 2.11. The first kappa shape index (κ1) is 29.0. The van der Waals surface area contributed by atoms with E-state index in [2.05, 4.69) is 26.6 Å². The van der Waals surface area contributed by atoms with Crippen molar-refractivity contribution in [3.8, 4) is 17.2 Å². The van der Waals surface area contributed by atoms with Gasteiger partial charge in [0, 0.05) is 8.07 Å². The number of benzene rings is 2. The van der Waals surface area contributed by atoms with Gasteiger partial charge in [-0.25, -0.2) is 4.79 Å². The predicted octanol–water partition coefficient (Wildman–Crippen LogP) is 8.92. The van der Waals surface area contributed by atoms with Crippen molar-refractivity contribution in [3.63, 3.8) is 0 Å². The molecule has 0 radical (unpaired) electrons. The molecule has 0 aliphatic carbocycles. The van der Waals surface area contributed by atoms with Crippen LogP contribution in [0.4, 0.5) is 0 Å². The topological polar surface area (TPSA) is 44.8 Å². The third kappa shape index (κ3) is 13.4. The molecule has 0 aliphatic heterocycles. The summed E-state index contributed by atoms with van der Waals surface area (Å²) in [7, 11) is -0.907. The third-order valence-corrected chi connectivity index (χ3v) is 7.83. The molecule has 0 aromatic heterocycles. The van der Waals surface area contributed by atoms with Crippen LogP contribution in [0.15, 0.2) is 48.5 Å². The van der Waals surface area contributed by atoms with Gasteiger partial charge in [-0.3, -0.25) is 0 Å². The van der Waals surface area contributed by atoms with Crippen molar-refractivity contribution in [3.05, 3.63) is 54.1 Å². The number of hydrogen-bond donors (Lipinski definition) is 0. The number of unbranched alkanes of at least 4 members (excludes halogenated alkanes) is 8. The number of rotatable bonds is 18. The summed E-state index contributed by atoms with van der Waals surface area (Å²) >= 11 is 0. The molecule has 2 rings (SSSR count). The summed E-state index contributed by atoms with van der Waals surface area (Å²) in [5.74, 6) is 1.72. The van der Waals surface area contributed by atoms with E-state index < -0.39 is 8.07 Å². The molecule has 0 spiro atoms. The molecule has 0 fully saturated rings. The minimum Gasteiger partial charge on any atom is -0.494 e. The Morgan fingerprint density at radius 2 is 1.09 bits per heavy atom. The molecule has 0 aliphatic rings. The molecule has 2 aromatic rings. The molecule has 0 N–H and O–H groups in total. The second-order valence-electron chi connectivity index (χ2n) is 10.6. The molecule has 35 heavy (non-hydrogen) atoms. The van der Waals surface area contributed by atoms with Crippen molar-refractivity contribution >= 4 is 14.0 Å². The van der Waals surface area contributed by atoms with Crippen molar-refractivity contribution in [1.29, 1.82) is 0 Å². The monoisotopic (exact) mass is 498 g/mol. The zero-order valence-electron chi connectivity index (χ0n) is 22.4. The zero-order valence-corrected chi connectivity index (χ0v) is 23.4. The fourth-order valence-electron chi connectivity index (χ4n) is 3.83. The van der Waals surface area contributed by atoms with E-state index in [1.54, 1.807) is 24.3 Å². The Morgan fingerprint density at radius 1 is 0.629 bits per heavy atom. The van der Waals surface area contributed by atoms with E-state index in [0.29, 0.717) is 17.9 Å². The van der Waals surface area contributed by atoms with Gasteiger partial charge >= 0.3 is 5.97 Å². The zero-order chi connectivity index (χ0) is 25.4. The molecule has 2 aromatic carbocycles. The van der Waals surface area contributed by atoms with Gasteiger partial charge in [0.05, 0.1) is 18.8 Å². The van der Waals surface area contributed by atoms with E-state index in [1.165, 1.54) is 57.4 Å². The lowest BCUT2D eigenvalue weighted by molar-refractivity contribution is 0.0734. The normalized spacial score (nSPS) is 11.3. The number of ether oxygens (including phenoxy) is 3. The fourth-order valence-corrected chi connectivity index (χ4v) is 5.14. The Bertz CT molecular complexity index is 825. The van der Waals surface area contributed by atoms with Crippen LogP contribution < -0.4 is 14.2 Å². The van der Waals surface area contributed by atoms with Gasteiger partial charge in [0.15, 0.2) is 0 Å². The molecule has 0 atom stereocenters. The standard InChI is InChI=1S/C30H46O4Si/c1-5-6-7-8-9-12-23-33-28-19-21-29(22-20-28)34-30(31)26-15-17-27(18-16-26)32-24-13-10-11-14-25-35(2,3)4/h15-22H,5-14,23-25H2,1-4H3. The highest BCUT2D eigenvalue weighted by Crippen LogP contribution is 2.20. The van der Waals surface area contributed by atoms with Crippen LogP contribution in [0.1, 0.15) is 81.5 Å². The van der Waals surface area contributed by atoms with Gasteiger partial charge in [0.1, 0.15) is 17.2 Å². The van der Waals surface area contributed by atoms with Crippen LogP contribution in [-0.4, -0.2) is 27.3 Å². The predicted molar refractivity (Wildman–Crippen MR) is 149 cm³/mol. The van der Waals surface area contributed by atoms with Crippen LogP contribution in [0.5, 0.6) is 17.2 Å². The van der Waals surface area contributed by atoms with E-state index >= 15 is 0 Å². The Labute approximate surface area is 214 Å². The summed E-state index contributed by atoms with van der Waals surface area (Å²) < 4.78 is 17.1. The van der Waals surface area contributed by atoms with Gasteiger partial charge in [-0.05, 0) is 61.4 Å². The highest BCUT2D eigenvalue weighted by atomic mass is 28.3. The van der Waals surface area contributed by atoms with E-state index in [-0.39, 0.29) is 5.97 Å². The summed E-state index contributed by atoms with van der Waals surface area (Å²) in [6, 6.07) is 15.8. The lowest BCUT2D eigenvalue weighted by Gasteiger charge is -2.14. The molecule has 0 saturated heterocycles. The molecule has 0 unspecified atom stereocenters. The molecule has 194 valence electrons. The number of carbonyl (C=O) groups is 1. The number of carbonyl (C=O) groups excluding carboxylic acids is 1. The first-order valence-corrected chi connectivity index (χ1v) is 17.3. The Morgan fingerprint density at radius 3 is 1.63 bits per heavy atom. The minimum absolute atomic E-state index is 0.375. The Kier molecular flexibility index (Phi) is 13.6. The van der Waals surface area contributed by atoms with Gasteiger partial charge in [-0.2, -0.15) is 0 Å². The lowest BCUT2D eigenvalue weighted by Crippen LogP contribution is -2.18. The molecule has 0 heterocycles. The van der Waals surface area contributed by atoms with Crippen molar-refractivity contribution in [2.75, 3.05) is 13.2 Å².